The third-order valence-corrected chi connectivity index (χ3v) is 4.99. The van der Waals surface area contributed by atoms with E-state index >= 15 is 0 Å². The van der Waals surface area contributed by atoms with Gasteiger partial charge in [-0.25, -0.2) is 0 Å². The van der Waals surface area contributed by atoms with E-state index in [1.807, 2.05) is 11.8 Å². The van der Waals surface area contributed by atoms with E-state index in [-0.39, 0.29) is 6.04 Å². The lowest BCUT2D eigenvalue weighted by atomic mass is 10.0. The standard InChI is InChI=1S/C14H26N2OS/c1-3-12-14(17)16(9-6-10-18-2)13(15-12)11-7-4-5-8-11/h11-13,15H,3-10H2,1-2H3. The second kappa shape index (κ2) is 6.80. The molecule has 2 unspecified atom stereocenters. The number of nitrogens with zero attached hydrogens (tertiary/aromatic N) is 1. The minimum absolute atomic E-state index is 0.0740. The van der Waals surface area contributed by atoms with E-state index in [4.69, 9.17) is 0 Å². The van der Waals surface area contributed by atoms with Gasteiger partial charge in [-0.05, 0) is 43.6 Å². The Balaban J connectivity index is 1.97. The number of hydrogen-bond acceptors (Lipinski definition) is 3. The van der Waals surface area contributed by atoms with Crippen LogP contribution in [0.3, 0.4) is 0 Å². The van der Waals surface area contributed by atoms with Gasteiger partial charge < -0.3 is 4.90 Å². The summed E-state index contributed by atoms with van der Waals surface area (Å²) in [6.45, 7) is 3.04. The van der Waals surface area contributed by atoms with E-state index in [2.05, 4.69) is 23.4 Å². The highest BCUT2D eigenvalue weighted by Gasteiger charge is 2.41. The Kier molecular flexibility index (Phi) is 5.37. The van der Waals surface area contributed by atoms with Crippen LogP contribution in [0.1, 0.15) is 45.4 Å². The van der Waals surface area contributed by atoms with Crippen molar-refractivity contribution in [2.75, 3.05) is 18.6 Å². The van der Waals surface area contributed by atoms with Crippen LogP contribution in [0.4, 0.5) is 0 Å². The summed E-state index contributed by atoms with van der Waals surface area (Å²) in [5.41, 5.74) is 0. The van der Waals surface area contributed by atoms with Gasteiger partial charge in [0.1, 0.15) is 0 Å². The molecule has 1 aliphatic carbocycles. The van der Waals surface area contributed by atoms with Crippen LogP contribution in [0, 0.1) is 5.92 Å². The van der Waals surface area contributed by atoms with Crippen molar-refractivity contribution in [2.45, 2.75) is 57.7 Å². The molecular formula is C14H26N2OS. The van der Waals surface area contributed by atoms with Crippen molar-refractivity contribution < 1.29 is 4.79 Å². The first-order valence-corrected chi connectivity index (χ1v) is 8.72. The average Bonchev–Trinajstić information content (AvgIpc) is 2.99. The molecular weight excluding hydrogens is 244 g/mol. The smallest absolute Gasteiger partial charge is 0.241 e. The second-order valence-electron chi connectivity index (χ2n) is 5.49. The molecule has 2 rings (SSSR count). The topological polar surface area (TPSA) is 32.3 Å². The maximum Gasteiger partial charge on any atom is 0.241 e. The lowest BCUT2D eigenvalue weighted by molar-refractivity contribution is -0.130. The first-order chi connectivity index (χ1) is 8.77. The van der Waals surface area contributed by atoms with E-state index in [0.29, 0.717) is 18.0 Å². The van der Waals surface area contributed by atoms with Gasteiger partial charge in [0.25, 0.3) is 0 Å². The van der Waals surface area contributed by atoms with Crippen molar-refractivity contribution in [3.63, 3.8) is 0 Å². The molecule has 0 aromatic rings. The SMILES string of the molecule is CCC1NC(C2CCCC2)N(CCCSC)C1=O. The van der Waals surface area contributed by atoms with Crippen LogP contribution in [0.25, 0.3) is 0 Å². The molecule has 2 aliphatic rings. The molecule has 0 bridgehead atoms. The van der Waals surface area contributed by atoms with Gasteiger partial charge >= 0.3 is 0 Å². The molecule has 2 fully saturated rings. The molecule has 2 atom stereocenters. The predicted octanol–water partition coefficient (Wildman–Crippen LogP) is 2.47. The van der Waals surface area contributed by atoms with Crippen LogP contribution >= 0.6 is 11.8 Å². The number of hydrogen-bond donors (Lipinski definition) is 1. The Morgan fingerprint density at radius 3 is 2.72 bits per heavy atom. The minimum Gasteiger partial charge on any atom is -0.325 e. The van der Waals surface area contributed by atoms with E-state index < -0.39 is 0 Å². The summed E-state index contributed by atoms with van der Waals surface area (Å²) in [5, 5.41) is 3.58. The number of rotatable bonds is 6. The molecule has 4 heteroatoms. The third kappa shape index (κ3) is 3.02. The molecule has 1 aliphatic heterocycles. The van der Waals surface area contributed by atoms with E-state index in [1.165, 1.54) is 25.7 Å². The van der Waals surface area contributed by atoms with Crippen molar-refractivity contribution in [1.82, 2.24) is 10.2 Å². The second-order valence-corrected chi connectivity index (χ2v) is 6.48. The van der Waals surface area contributed by atoms with Crippen LogP contribution < -0.4 is 5.32 Å². The first kappa shape index (κ1) is 14.2. The highest BCUT2D eigenvalue weighted by Crippen LogP contribution is 2.32. The molecule has 18 heavy (non-hydrogen) atoms. The van der Waals surface area contributed by atoms with Gasteiger partial charge in [0.2, 0.25) is 5.91 Å². The van der Waals surface area contributed by atoms with Gasteiger partial charge in [-0.2, -0.15) is 11.8 Å². The van der Waals surface area contributed by atoms with Crippen LogP contribution in [0.2, 0.25) is 0 Å². The van der Waals surface area contributed by atoms with Crippen LogP contribution in [0.15, 0.2) is 0 Å². The molecule has 104 valence electrons. The molecule has 1 saturated heterocycles. The molecule has 0 aromatic carbocycles. The fourth-order valence-electron chi connectivity index (χ4n) is 3.29. The molecule has 1 saturated carbocycles. The van der Waals surface area contributed by atoms with E-state index in [1.54, 1.807) is 0 Å². The lowest BCUT2D eigenvalue weighted by Crippen LogP contribution is -2.43. The Hall–Kier alpha value is -0.220. The number of carbonyl (C=O) groups is 1. The normalized spacial score (nSPS) is 29.4. The van der Waals surface area contributed by atoms with Crippen LogP contribution in [0.5, 0.6) is 0 Å². The first-order valence-electron chi connectivity index (χ1n) is 7.33. The lowest BCUT2D eigenvalue weighted by Gasteiger charge is -2.29. The molecule has 1 N–H and O–H groups in total. The van der Waals surface area contributed by atoms with Gasteiger partial charge in [-0.1, -0.05) is 19.8 Å². The largest absolute Gasteiger partial charge is 0.325 e. The Labute approximate surface area is 115 Å². The third-order valence-electron chi connectivity index (χ3n) is 4.29. The van der Waals surface area contributed by atoms with Crippen LogP contribution in [-0.4, -0.2) is 41.6 Å². The highest BCUT2D eigenvalue weighted by molar-refractivity contribution is 7.98. The average molecular weight is 270 g/mol. The Morgan fingerprint density at radius 1 is 1.39 bits per heavy atom. The number of amides is 1. The number of carbonyl (C=O) groups excluding carboxylic acids is 1. The molecule has 0 aromatic heterocycles. The van der Waals surface area contributed by atoms with Crippen LogP contribution in [-0.2, 0) is 4.79 Å². The summed E-state index contributed by atoms with van der Waals surface area (Å²) < 4.78 is 0. The highest BCUT2D eigenvalue weighted by atomic mass is 32.2. The Bertz CT molecular complexity index is 279. The maximum atomic E-state index is 12.4. The molecule has 3 nitrogen and oxygen atoms in total. The fourth-order valence-corrected chi connectivity index (χ4v) is 3.71. The van der Waals surface area contributed by atoms with E-state index in [9.17, 15) is 4.79 Å². The summed E-state index contributed by atoms with van der Waals surface area (Å²) in [7, 11) is 0. The van der Waals surface area contributed by atoms with Crippen molar-refractivity contribution in [1.29, 1.82) is 0 Å². The van der Waals surface area contributed by atoms with Gasteiger partial charge in [-0.15, -0.1) is 0 Å². The molecule has 1 heterocycles. The molecule has 0 radical (unpaired) electrons. The van der Waals surface area contributed by atoms with Crippen molar-refractivity contribution in [3.8, 4) is 0 Å². The van der Waals surface area contributed by atoms with Gasteiger partial charge in [0.15, 0.2) is 0 Å². The van der Waals surface area contributed by atoms with Gasteiger partial charge in [0.05, 0.1) is 12.2 Å². The van der Waals surface area contributed by atoms with Crippen molar-refractivity contribution in [2.24, 2.45) is 5.92 Å². The zero-order chi connectivity index (χ0) is 13.0. The number of thioether (sulfide) groups is 1. The summed E-state index contributed by atoms with van der Waals surface area (Å²) in [5.74, 6) is 2.19. The monoisotopic (exact) mass is 270 g/mol. The summed E-state index contributed by atoms with van der Waals surface area (Å²) in [6, 6.07) is 0.0740. The predicted molar refractivity (Wildman–Crippen MR) is 77.7 cm³/mol. The summed E-state index contributed by atoms with van der Waals surface area (Å²) in [4.78, 5) is 14.5. The number of nitrogens with one attached hydrogen (secondary N) is 1. The van der Waals surface area contributed by atoms with Crippen molar-refractivity contribution in [3.05, 3.63) is 0 Å². The molecule has 1 amide bonds. The van der Waals surface area contributed by atoms with Crippen molar-refractivity contribution >= 4 is 17.7 Å². The quantitative estimate of drug-likeness (QED) is 0.753. The Morgan fingerprint density at radius 2 is 2.11 bits per heavy atom. The fraction of sp³-hybridized carbons (Fsp3) is 0.929. The minimum atomic E-state index is 0.0740. The van der Waals surface area contributed by atoms with Gasteiger partial charge in [-0.3, -0.25) is 10.1 Å². The zero-order valence-electron chi connectivity index (χ0n) is 11.7. The maximum absolute atomic E-state index is 12.4. The van der Waals surface area contributed by atoms with Gasteiger partial charge in [0, 0.05) is 6.54 Å². The summed E-state index contributed by atoms with van der Waals surface area (Å²) in [6.07, 6.45) is 9.76. The summed E-state index contributed by atoms with van der Waals surface area (Å²) >= 11 is 1.87. The van der Waals surface area contributed by atoms with E-state index in [0.717, 1.165) is 25.1 Å². The molecule has 0 spiro atoms. The zero-order valence-corrected chi connectivity index (χ0v) is 12.5.